The molecule has 1 saturated carbocycles. The van der Waals surface area contributed by atoms with Crippen LogP contribution in [-0.4, -0.2) is 40.0 Å². The normalized spacial score (nSPS) is 15.1. The number of alkyl halides is 2. The van der Waals surface area contributed by atoms with Crippen LogP contribution in [-0.2, 0) is 17.4 Å². The average molecular weight is 548 g/mol. The first kappa shape index (κ1) is 27.9. The predicted molar refractivity (Wildman–Crippen MR) is 135 cm³/mol. The summed E-state index contributed by atoms with van der Waals surface area (Å²) in [5, 5.41) is 6.79. The molecule has 210 valence electrons. The van der Waals surface area contributed by atoms with Gasteiger partial charge < -0.3 is 29.7 Å². The van der Waals surface area contributed by atoms with Crippen LogP contribution in [0.1, 0.15) is 56.8 Å². The second kappa shape index (κ2) is 10.5. The number of primary amides is 1. The number of hydrogen-bond acceptors (Lipinski definition) is 8. The lowest BCUT2D eigenvalue weighted by atomic mass is 9.75. The lowest BCUT2D eigenvalue weighted by molar-refractivity contribution is -0.0707. The Balaban J connectivity index is 1.81. The van der Waals surface area contributed by atoms with E-state index in [9.17, 15) is 18.4 Å². The zero-order valence-corrected chi connectivity index (χ0v) is 22.3. The molecular formula is C26H31F2N5O6. The molecule has 0 radical (unpaired) electrons. The van der Waals surface area contributed by atoms with Crippen molar-refractivity contribution in [1.29, 1.82) is 0 Å². The van der Waals surface area contributed by atoms with Crippen molar-refractivity contribution < 1.29 is 37.0 Å². The molecule has 1 aliphatic rings. The average Bonchev–Trinajstić information content (AvgIpc) is 3.39. The highest BCUT2D eigenvalue weighted by Crippen LogP contribution is 2.46. The van der Waals surface area contributed by atoms with Gasteiger partial charge in [0.05, 0.1) is 6.61 Å². The van der Waals surface area contributed by atoms with Gasteiger partial charge in [-0.3, -0.25) is 9.48 Å². The summed E-state index contributed by atoms with van der Waals surface area (Å²) in [5.74, 6) is -0.246. The molecule has 1 unspecified atom stereocenters. The van der Waals surface area contributed by atoms with Gasteiger partial charge in [0.15, 0.2) is 34.4 Å². The molecule has 2 amide bonds. The van der Waals surface area contributed by atoms with Crippen LogP contribution in [0.15, 0.2) is 34.9 Å². The minimum Gasteiger partial charge on any atom is -0.489 e. The van der Waals surface area contributed by atoms with Gasteiger partial charge in [-0.2, -0.15) is 13.9 Å². The molecular weight excluding hydrogens is 516 g/mol. The highest BCUT2D eigenvalue weighted by molar-refractivity contribution is 6.03. The van der Waals surface area contributed by atoms with Crippen LogP contribution >= 0.6 is 0 Å². The zero-order valence-electron chi connectivity index (χ0n) is 22.3. The van der Waals surface area contributed by atoms with Crippen molar-refractivity contribution in [2.45, 2.75) is 52.7 Å². The SMILES string of the molecule is Cn1ccc(NC(=O)c2nc(-c3ccc(OC(F)F)c(OCC4CC4)c3)oc2C(C)(OC(N)=O)C(C)(C)C)n1. The third-order valence-corrected chi connectivity index (χ3v) is 6.54. The van der Waals surface area contributed by atoms with E-state index in [2.05, 4.69) is 20.1 Å². The van der Waals surface area contributed by atoms with Gasteiger partial charge in [0.1, 0.15) is 0 Å². The Morgan fingerprint density at radius 1 is 1.21 bits per heavy atom. The van der Waals surface area contributed by atoms with Crippen molar-refractivity contribution in [3.8, 4) is 23.0 Å². The maximum absolute atomic E-state index is 13.4. The molecule has 0 spiro atoms. The first-order chi connectivity index (χ1) is 18.3. The highest BCUT2D eigenvalue weighted by atomic mass is 19.3. The summed E-state index contributed by atoms with van der Waals surface area (Å²) in [6.07, 6.45) is 2.55. The van der Waals surface area contributed by atoms with E-state index in [1.54, 1.807) is 47.0 Å². The van der Waals surface area contributed by atoms with E-state index in [4.69, 9.17) is 19.6 Å². The van der Waals surface area contributed by atoms with Crippen molar-refractivity contribution in [2.24, 2.45) is 24.1 Å². The number of aromatic nitrogens is 3. The van der Waals surface area contributed by atoms with E-state index in [-0.39, 0.29) is 34.7 Å². The molecule has 3 aromatic rings. The van der Waals surface area contributed by atoms with E-state index in [1.165, 1.54) is 22.9 Å². The number of carbonyl (C=O) groups is 2. The standard InChI is InChI=1S/C26H31F2N5O6/c1-25(2,3)26(4,39-24(29)35)20-19(21(34)30-18-10-11-33(5)32-18)31-22(38-20)15-8-9-16(37-23(27)28)17(12-15)36-13-14-6-7-14/h8-12,14,23H,6-7,13H2,1-5H3,(H2,29,35)(H,30,32,34). The van der Waals surface area contributed by atoms with Crippen LogP contribution in [0, 0.1) is 11.3 Å². The number of nitrogens with one attached hydrogen (secondary N) is 1. The van der Waals surface area contributed by atoms with Crippen LogP contribution < -0.4 is 20.5 Å². The van der Waals surface area contributed by atoms with E-state index >= 15 is 0 Å². The van der Waals surface area contributed by atoms with Crippen molar-refractivity contribution in [2.75, 3.05) is 11.9 Å². The van der Waals surface area contributed by atoms with Crippen LogP contribution in [0.5, 0.6) is 11.5 Å². The Hall–Kier alpha value is -4.16. The summed E-state index contributed by atoms with van der Waals surface area (Å²) < 4.78 is 49.5. The fourth-order valence-corrected chi connectivity index (χ4v) is 3.76. The second-order valence-electron chi connectivity index (χ2n) is 10.5. The first-order valence-corrected chi connectivity index (χ1v) is 12.3. The molecule has 3 N–H and O–H groups in total. The second-order valence-corrected chi connectivity index (χ2v) is 10.5. The van der Waals surface area contributed by atoms with Gasteiger partial charge in [-0.25, -0.2) is 9.78 Å². The van der Waals surface area contributed by atoms with E-state index in [0.29, 0.717) is 18.1 Å². The van der Waals surface area contributed by atoms with E-state index in [1.807, 2.05) is 0 Å². The summed E-state index contributed by atoms with van der Waals surface area (Å²) >= 11 is 0. The number of hydrogen-bond donors (Lipinski definition) is 2. The Morgan fingerprint density at radius 3 is 2.49 bits per heavy atom. The van der Waals surface area contributed by atoms with Crippen LogP contribution in [0.2, 0.25) is 0 Å². The Bertz CT molecular complexity index is 1360. The topological polar surface area (TPSA) is 144 Å². The molecule has 11 nitrogen and oxygen atoms in total. The fourth-order valence-electron chi connectivity index (χ4n) is 3.76. The zero-order chi connectivity index (χ0) is 28.5. The molecule has 1 atom stereocenters. The number of nitrogens with two attached hydrogens (primary N) is 1. The number of benzene rings is 1. The van der Waals surface area contributed by atoms with Crippen LogP contribution in [0.4, 0.5) is 19.4 Å². The fraction of sp³-hybridized carbons (Fsp3) is 0.462. The summed E-state index contributed by atoms with van der Waals surface area (Å²) in [4.78, 5) is 29.7. The summed E-state index contributed by atoms with van der Waals surface area (Å²) in [5.41, 5.74) is 3.18. The van der Waals surface area contributed by atoms with Crippen molar-refractivity contribution in [3.63, 3.8) is 0 Å². The van der Waals surface area contributed by atoms with Gasteiger partial charge in [0, 0.05) is 30.3 Å². The molecule has 0 aliphatic heterocycles. The van der Waals surface area contributed by atoms with Gasteiger partial charge in [-0.15, -0.1) is 0 Å². The monoisotopic (exact) mass is 547 g/mol. The number of anilines is 1. The maximum atomic E-state index is 13.4. The molecule has 4 rings (SSSR count). The number of nitrogens with zero attached hydrogens (tertiary/aromatic N) is 3. The predicted octanol–water partition coefficient (Wildman–Crippen LogP) is 5.07. The molecule has 1 aliphatic carbocycles. The van der Waals surface area contributed by atoms with Gasteiger partial charge in [-0.1, -0.05) is 20.8 Å². The van der Waals surface area contributed by atoms with Gasteiger partial charge in [-0.05, 0) is 43.9 Å². The Morgan fingerprint density at radius 2 is 1.92 bits per heavy atom. The largest absolute Gasteiger partial charge is 0.489 e. The Kier molecular flexibility index (Phi) is 7.53. The molecule has 39 heavy (non-hydrogen) atoms. The van der Waals surface area contributed by atoms with E-state index < -0.39 is 29.6 Å². The number of ether oxygens (including phenoxy) is 3. The third-order valence-electron chi connectivity index (χ3n) is 6.54. The molecule has 0 saturated heterocycles. The third kappa shape index (κ3) is 6.29. The summed E-state index contributed by atoms with van der Waals surface area (Å²) in [6, 6.07) is 5.79. The molecule has 1 aromatic carbocycles. The van der Waals surface area contributed by atoms with Gasteiger partial charge in [0.2, 0.25) is 5.89 Å². The molecule has 2 aromatic heterocycles. The first-order valence-electron chi connectivity index (χ1n) is 12.3. The Labute approximate surface area is 223 Å². The molecule has 2 heterocycles. The summed E-state index contributed by atoms with van der Waals surface area (Å²) in [7, 11) is 1.69. The minimum atomic E-state index is -3.05. The van der Waals surface area contributed by atoms with Crippen molar-refractivity contribution in [3.05, 3.63) is 41.9 Å². The number of aryl methyl sites for hydroxylation is 1. The van der Waals surface area contributed by atoms with Gasteiger partial charge >= 0.3 is 12.7 Å². The smallest absolute Gasteiger partial charge is 0.405 e. The van der Waals surface area contributed by atoms with Crippen molar-refractivity contribution in [1.82, 2.24) is 14.8 Å². The quantitative estimate of drug-likeness (QED) is 0.358. The molecule has 0 bridgehead atoms. The lowest BCUT2D eigenvalue weighted by Gasteiger charge is -2.38. The number of halogens is 2. The van der Waals surface area contributed by atoms with E-state index in [0.717, 1.165) is 12.8 Å². The molecule has 1 fully saturated rings. The molecule has 13 heteroatoms. The summed E-state index contributed by atoms with van der Waals surface area (Å²) in [6.45, 7) is 4.18. The number of rotatable bonds is 10. The maximum Gasteiger partial charge on any atom is 0.405 e. The minimum absolute atomic E-state index is 0.0421. The van der Waals surface area contributed by atoms with Gasteiger partial charge in [0.25, 0.3) is 5.91 Å². The number of carbonyl (C=O) groups excluding carboxylic acids is 2. The number of amides is 2. The van der Waals surface area contributed by atoms with Crippen LogP contribution in [0.25, 0.3) is 11.5 Å². The lowest BCUT2D eigenvalue weighted by Crippen LogP contribution is -2.44. The number of oxazole rings is 1. The highest BCUT2D eigenvalue weighted by Gasteiger charge is 2.49. The van der Waals surface area contributed by atoms with Crippen LogP contribution in [0.3, 0.4) is 0 Å². The van der Waals surface area contributed by atoms with Crippen molar-refractivity contribution >= 4 is 17.8 Å².